The van der Waals surface area contributed by atoms with Crippen molar-refractivity contribution in [3.05, 3.63) is 12.7 Å². The molecular formula is C11H20N2O. The van der Waals surface area contributed by atoms with Crippen LogP contribution in [0.15, 0.2) is 12.7 Å². The summed E-state index contributed by atoms with van der Waals surface area (Å²) < 4.78 is 0. The van der Waals surface area contributed by atoms with Crippen LogP contribution in [0.4, 0.5) is 0 Å². The Labute approximate surface area is 85.7 Å². The lowest BCUT2D eigenvalue weighted by molar-refractivity contribution is -0.124. The molecule has 80 valence electrons. The molecule has 0 heterocycles. The van der Waals surface area contributed by atoms with Crippen LogP contribution < -0.4 is 11.1 Å². The van der Waals surface area contributed by atoms with E-state index in [-0.39, 0.29) is 11.3 Å². The van der Waals surface area contributed by atoms with E-state index in [1.54, 1.807) is 0 Å². The van der Waals surface area contributed by atoms with E-state index in [0.29, 0.717) is 19.5 Å². The van der Waals surface area contributed by atoms with Gasteiger partial charge in [-0.2, -0.15) is 0 Å². The SMILES string of the molecule is C=CCCNC(=O)CC1(CN)CCC1. The zero-order valence-corrected chi connectivity index (χ0v) is 8.72. The summed E-state index contributed by atoms with van der Waals surface area (Å²) in [5.74, 6) is 0.136. The summed E-state index contributed by atoms with van der Waals surface area (Å²) in [4.78, 5) is 11.5. The molecule has 0 saturated heterocycles. The summed E-state index contributed by atoms with van der Waals surface area (Å²) in [7, 11) is 0. The van der Waals surface area contributed by atoms with E-state index in [9.17, 15) is 4.79 Å². The topological polar surface area (TPSA) is 55.1 Å². The summed E-state index contributed by atoms with van der Waals surface area (Å²) in [6, 6.07) is 0. The van der Waals surface area contributed by atoms with Gasteiger partial charge in [0.2, 0.25) is 5.91 Å². The number of carbonyl (C=O) groups excluding carboxylic acids is 1. The maximum atomic E-state index is 11.5. The Morgan fingerprint density at radius 1 is 1.57 bits per heavy atom. The molecule has 0 bridgehead atoms. The van der Waals surface area contributed by atoms with E-state index in [0.717, 1.165) is 19.3 Å². The highest BCUT2D eigenvalue weighted by molar-refractivity contribution is 5.76. The van der Waals surface area contributed by atoms with Crippen molar-refractivity contribution in [1.29, 1.82) is 0 Å². The van der Waals surface area contributed by atoms with E-state index >= 15 is 0 Å². The summed E-state index contributed by atoms with van der Waals surface area (Å²) in [6.07, 6.45) is 6.68. The average Bonchev–Trinajstić information content (AvgIpc) is 2.12. The molecule has 1 fully saturated rings. The maximum Gasteiger partial charge on any atom is 0.220 e. The van der Waals surface area contributed by atoms with E-state index in [4.69, 9.17) is 5.73 Å². The number of rotatable bonds is 6. The van der Waals surface area contributed by atoms with E-state index in [2.05, 4.69) is 11.9 Å². The lowest BCUT2D eigenvalue weighted by Gasteiger charge is -2.40. The van der Waals surface area contributed by atoms with Crippen molar-refractivity contribution in [2.24, 2.45) is 11.1 Å². The van der Waals surface area contributed by atoms with Gasteiger partial charge in [0.25, 0.3) is 0 Å². The first-order valence-electron chi connectivity index (χ1n) is 5.30. The Balaban J connectivity index is 2.21. The van der Waals surface area contributed by atoms with Crippen LogP contribution in [-0.4, -0.2) is 19.0 Å². The minimum Gasteiger partial charge on any atom is -0.356 e. The van der Waals surface area contributed by atoms with Crippen LogP contribution in [0.3, 0.4) is 0 Å². The third kappa shape index (κ3) is 2.84. The third-order valence-electron chi connectivity index (χ3n) is 3.05. The van der Waals surface area contributed by atoms with Gasteiger partial charge in [0.05, 0.1) is 0 Å². The van der Waals surface area contributed by atoms with Crippen molar-refractivity contribution in [2.45, 2.75) is 32.1 Å². The molecule has 0 spiro atoms. The molecule has 0 aromatic carbocycles. The van der Waals surface area contributed by atoms with Crippen LogP contribution >= 0.6 is 0 Å². The van der Waals surface area contributed by atoms with Crippen LogP contribution in [0.5, 0.6) is 0 Å². The quantitative estimate of drug-likeness (QED) is 0.495. The number of carbonyl (C=O) groups is 1. The first-order chi connectivity index (χ1) is 6.72. The van der Waals surface area contributed by atoms with E-state index in [1.807, 2.05) is 6.08 Å². The van der Waals surface area contributed by atoms with Gasteiger partial charge in [-0.25, -0.2) is 0 Å². The minimum atomic E-state index is 0.123. The van der Waals surface area contributed by atoms with Crippen LogP contribution in [0, 0.1) is 5.41 Å². The van der Waals surface area contributed by atoms with Crippen molar-refractivity contribution in [3.63, 3.8) is 0 Å². The molecule has 0 aliphatic heterocycles. The number of nitrogens with two attached hydrogens (primary N) is 1. The lowest BCUT2D eigenvalue weighted by Crippen LogP contribution is -2.42. The molecule has 3 N–H and O–H groups in total. The smallest absolute Gasteiger partial charge is 0.220 e. The van der Waals surface area contributed by atoms with Gasteiger partial charge in [-0.3, -0.25) is 4.79 Å². The van der Waals surface area contributed by atoms with Crippen LogP contribution in [0.2, 0.25) is 0 Å². The molecule has 1 aliphatic rings. The molecule has 0 atom stereocenters. The Kier molecular flexibility index (Phi) is 4.14. The van der Waals surface area contributed by atoms with Crippen LogP contribution in [-0.2, 0) is 4.79 Å². The summed E-state index contributed by atoms with van der Waals surface area (Å²) >= 11 is 0. The fraction of sp³-hybridized carbons (Fsp3) is 0.727. The Hall–Kier alpha value is -0.830. The summed E-state index contributed by atoms with van der Waals surface area (Å²) in [6.45, 7) is 4.94. The third-order valence-corrected chi connectivity index (χ3v) is 3.05. The van der Waals surface area contributed by atoms with Gasteiger partial charge in [-0.05, 0) is 31.2 Å². The molecule has 1 rings (SSSR count). The number of nitrogens with one attached hydrogen (secondary N) is 1. The minimum absolute atomic E-state index is 0.123. The van der Waals surface area contributed by atoms with E-state index in [1.165, 1.54) is 6.42 Å². The second kappa shape index (κ2) is 5.15. The van der Waals surface area contributed by atoms with Gasteiger partial charge >= 0.3 is 0 Å². The number of hydrogen-bond acceptors (Lipinski definition) is 2. The van der Waals surface area contributed by atoms with Gasteiger partial charge in [0.15, 0.2) is 0 Å². The van der Waals surface area contributed by atoms with Gasteiger partial charge in [0.1, 0.15) is 0 Å². The molecule has 1 saturated carbocycles. The lowest BCUT2D eigenvalue weighted by atomic mass is 9.66. The number of hydrogen-bond donors (Lipinski definition) is 2. The van der Waals surface area contributed by atoms with Crippen molar-refractivity contribution >= 4 is 5.91 Å². The standard InChI is InChI=1S/C11H20N2O/c1-2-3-7-13-10(14)8-11(9-12)5-4-6-11/h2H,1,3-9,12H2,(H,13,14). The van der Waals surface area contributed by atoms with Gasteiger partial charge in [-0.15, -0.1) is 6.58 Å². The normalized spacial score (nSPS) is 18.4. The predicted molar refractivity (Wildman–Crippen MR) is 57.8 cm³/mol. The van der Waals surface area contributed by atoms with Crippen LogP contribution in [0.1, 0.15) is 32.1 Å². The molecule has 3 heteroatoms. The zero-order chi connectivity index (χ0) is 10.4. The second-order valence-electron chi connectivity index (χ2n) is 4.16. The van der Waals surface area contributed by atoms with Gasteiger partial charge in [0, 0.05) is 13.0 Å². The summed E-state index contributed by atoms with van der Waals surface area (Å²) in [5.41, 5.74) is 5.80. The van der Waals surface area contributed by atoms with Gasteiger partial charge < -0.3 is 11.1 Å². The zero-order valence-electron chi connectivity index (χ0n) is 8.72. The molecule has 1 aliphatic carbocycles. The predicted octanol–water partition coefficient (Wildman–Crippen LogP) is 1.20. The second-order valence-corrected chi connectivity index (χ2v) is 4.16. The molecule has 3 nitrogen and oxygen atoms in total. The van der Waals surface area contributed by atoms with Crippen LogP contribution in [0.25, 0.3) is 0 Å². The largest absolute Gasteiger partial charge is 0.356 e. The molecular weight excluding hydrogens is 176 g/mol. The van der Waals surface area contributed by atoms with Crippen molar-refractivity contribution in [1.82, 2.24) is 5.32 Å². The molecule has 14 heavy (non-hydrogen) atoms. The highest BCUT2D eigenvalue weighted by Crippen LogP contribution is 2.42. The fourth-order valence-corrected chi connectivity index (χ4v) is 1.85. The van der Waals surface area contributed by atoms with E-state index < -0.39 is 0 Å². The average molecular weight is 196 g/mol. The van der Waals surface area contributed by atoms with Crippen molar-refractivity contribution in [3.8, 4) is 0 Å². The van der Waals surface area contributed by atoms with Crippen molar-refractivity contribution in [2.75, 3.05) is 13.1 Å². The molecule has 0 aromatic heterocycles. The molecule has 1 amide bonds. The first-order valence-corrected chi connectivity index (χ1v) is 5.30. The summed E-state index contributed by atoms with van der Waals surface area (Å²) in [5, 5.41) is 2.88. The number of amides is 1. The highest BCUT2D eigenvalue weighted by Gasteiger charge is 2.37. The fourth-order valence-electron chi connectivity index (χ4n) is 1.85. The monoisotopic (exact) mass is 196 g/mol. The maximum absolute atomic E-state index is 11.5. The highest BCUT2D eigenvalue weighted by atomic mass is 16.1. The Morgan fingerprint density at radius 3 is 2.71 bits per heavy atom. The Morgan fingerprint density at radius 2 is 2.29 bits per heavy atom. The molecule has 0 aromatic rings. The first kappa shape index (κ1) is 11.2. The van der Waals surface area contributed by atoms with Crippen molar-refractivity contribution < 1.29 is 4.79 Å². The Bertz CT molecular complexity index is 204. The molecule has 0 unspecified atom stereocenters. The molecule has 0 radical (unpaired) electrons. The van der Waals surface area contributed by atoms with Gasteiger partial charge in [-0.1, -0.05) is 12.5 Å².